The molecule has 0 saturated heterocycles. The van der Waals surface area contributed by atoms with Crippen molar-refractivity contribution in [1.29, 1.82) is 5.41 Å². The third-order valence-corrected chi connectivity index (χ3v) is 2.38. The molecule has 0 bridgehead atoms. The number of benzene rings is 1. The van der Waals surface area contributed by atoms with Crippen molar-refractivity contribution in [2.75, 3.05) is 19.4 Å². The summed E-state index contributed by atoms with van der Waals surface area (Å²) in [5.41, 5.74) is 2.52. The van der Waals surface area contributed by atoms with Gasteiger partial charge >= 0.3 is 0 Å². The van der Waals surface area contributed by atoms with E-state index >= 15 is 0 Å². The van der Waals surface area contributed by atoms with Gasteiger partial charge in [0.2, 0.25) is 0 Å². The van der Waals surface area contributed by atoms with Crippen molar-refractivity contribution in [3.63, 3.8) is 0 Å². The Kier molecular flexibility index (Phi) is 3.81. The Morgan fingerprint density at radius 2 is 2.07 bits per heavy atom. The van der Waals surface area contributed by atoms with Crippen LogP contribution in [0.1, 0.15) is 15.9 Å². The average Bonchev–Trinajstić information content (AvgIpc) is 2.26. The van der Waals surface area contributed by atoms with Crippen LogP contribution in [-0.2, 0) is 0 Å². The predicted molar refractivity (Wildman–Crippen MR) is 65.9 cm³/mol. The van der Waals surface area contributed by atoms with Crippen molar-refractivity contribution >= 4 is 26.3 Å². The van der Waals surface area contributed by atoms with E-state index in [1.165, 1.54) is 0 Å². The second-order valence-electron chi connectivity index (χ2n) is 3.00. The topological polar surface area (TPSA) is 65.0 Å². The van der Waals surface area contributed by atoms with Crippen LogP contribution in [0.15, 0.2) is 18.2 Å². The molecule has 0 aliphatic heterocycles. The zero-order valence-corrected chi connectivity index (χ0v) is 9.87. The smallest absolute Gasteiger partial charge is 0.251 e. The van der Waals surface area contributed by atoms with Gasteiger partial charge in [0.1, 0.15) is 0 Å². The van der Waals surface area contributed by atoms with E-state index in [4.69, 9.17) is 5.41 Å². The molecule has 0 saturated carbocycles. The molecule has 80 valence electrons. The lowest BCUT2D eigenvalue weighted by Crippen LogP contribution is -2.18. The molecule has 1 amide bonds. The summed E-state index contributed by atoms with van der Waals surface area (Å²) in [6.07, 6.45) is 0. The Morgan fingerprint density at radius 3 is 2.53 bits per heavy atom. The fraction of sp³-hybridized carbons (Fsp3) is 0.200. The van der Waals surface area contributed by atoms with E-state index in [-0.39, 0.29) is 5.91 Å². The monoisotopic (exact) mass is 223 g/mol. The largest absolute Gasteiger partial charge is 0.388 e. The molecule has 0 spiro atoms. The molecule has 1 rings (SSSR count). The first-order valence-electron chi connectivity index (χ1n) is 4.48. The minimum atomic E-state index is -0.131. The van der Waals surface area contributed by atoms with E-state index < -0.39 is 0 Å². The predicted octanol–water partition coefficient (Wildman–Crippen LogP) is 1.29. The molecule has 4 nitrogen and oxygen atoms in total. The first kappa shape index (κ1) is 11.7. The van der Waals surface area contributed by atoms with Crippen molar-refractivity contribution in [1.82, 2.24) is 5.32 Å². The highest BCUT2D eigenvalue weighted by Crippen LogP contribution is 2.19. The fourth-order valence-corrected chi connectivity index (χ4v) is 1.52. The first-order chi connectivity index (χ1) is 7.10. The molecule has 15 heavy (non-hydrogen) atoms. The average molecular weight is 223 g/mol. The quantitative estimate of drug-likeness (QED) is 0.534. The molecule has 0 aliphatic rings. The lowest BCUT2D eigenvalue weighted by molar-refractivity contribution is 0.0963. The molecule has 0 heterocycles. The van der Waals surface area contributed by atoms with Gasteiger partial charge in [-0.15, -0.1) is 0 Å². The van der Waals surface area contributed by atoms with Gasteiger partial charge in [-0.1, -0.05) is 9.24 Å². The number of rotatable bonds is 3. The number of hydrogen-bond acceptors (Lipinski definition) is 3. The van der Waals surface area contributed by atoms with Gasteiger partial charge in [0.25, 0.3) is 5.91 Å². The van der Waals surface area contributed by atoms with Crippen molar-refractivity contribution in [2.24, 2.45) is 0 Å². The summed E-state index contributed by atoms with van der Waals surface area (Å²) in [4.78, 5) is 11.4. The summed E-state index contributed by atoms with van der Waals surface area (Å²) >= 11 is 0. The molecule has 3 N–H and O–H groups in total. The number of carbonyl (C=O) groups excluding carboxylic acids is 1. The highest BCUT2D eigenvalue weighted by molar-refractivity contribution is 7.41. The SMILES string of the molecule is CNC(=O)c1ccc(C(=N)P)c(NC)c1. The number of anilines is 1. The first-order valence-corrected chi connectivity index (χ1v) is 5.06. The van der Waals surface area contributed by atoms with E-state index in [1.807, 2.05) is 0 Å². The minimum Gasteiger partial charge on any atom is -0.388 e. The number of nitrogens with one attached hydrogen (secondary N) is 3. The van der Waals surface area contributed by atoms with Crippen molar-refractivity contribution in [2.45, 2.75) is 0 Å². The van der Waals surface area contributed by atoms with Crippen LogP contribution in [0, 0.1) is 5.41 Å². The van der Waals surface area contributed by atoms with Crippen LogP contribution >= 0.6 is 9.24 Å². The summed E-state index contributed by atoms with van der Waals surface area (Å²) in [6, 6.07) is 5.19. The van der Waals surface area contributed by atoms with Gasteiger partial charge < -0.3 is 16.0 Å². The van der Waals surface area contributed by atoms with Crippen molar-refractivity contribution in [3.05, 3.63) is 29.3 Å². The van der Waals surface area contributed by atoms with Crippen molar-refractivity contribution < 1.29 is 4.79 Å². The van der Waals surface area contributed by atoms with Crippen LogP contribution in [0.4, 0.5) is 5.69 Å². The van der Waals surface area contributed by atoms with Gasteiger partial charge in [0, 0.05) is 30.9 Å². The number of hydrogen-bond donors (Lipinski definition) is 3. The zero-order valence-electron chi connectivity index (χ0n) is 8.72. The maximum Gasteiger partial charge on any atom is 0.251 e. The molecule has 1 unspecified atom stereocenters. The maximum atomic E-state index is 11.4. The second-order valence-corrected chi connectivity index (χ2v) is 3.58. The molecule has 0 fully saturated rings. The van der Waals surface area contributed by atoms with Gasteiger partial charge in [-0.25, -0.2) is 0 Å². The Hall–Kier alpha value is -1.41. The molecular formula is C10H14N3OP. The highest BCUT2D eigenvalue weighted by Gasteiger charge is 2.08. The van der Waals surface area contributed by atoms with Crippen LogP contribution < -0.4 is 10.6 Å². The van der Waals surface area contributed by atoms with Crippen LogP contribution in [0.2, 0.25) is 0 Å². The third kappa shape index (κ3) is 2.54. The minimum absolute atomic E-state index is 0.131. The summed E-state index contributed by atoms with van der Waals surface area (Å²) in [6.45, 7) is 0. The fourth-order valence-electron chi connectivity index (χ4n) is 1.27. The van der Waals surface area contributed by atoms with Crippen LogP contribution in [0.3, 0.4) is 0 Å². The van der Waals surface area contributed by atoms with Gasteiger partial charge in [-0.2, -0.15) is 0 Å². The van der Waals surface area contributed by atoms with Gasteiger partial charge in [0.15, 0.2) is 0 Å². The van der Waals surface area contributed by atoms with Crippen molar-refractivity contribution in [3.8, 4) is 0 Å². The normalized spacial score (nSPS) is 9.53. The second kappa shape index (κ2) is 4.89. The molecule has 1 aromatic carbocycles. The van der Waals surface area contributed by atoms with Crippen LogP contribution in [-0.4, -0.2) is 25.5 Å². The Bertz CT molecular complexity index is 404. The summed E-state index contributed by atoms with van der Waals surface area (Å²) in [5.74, 6) is -0.131. The summed E-state index contributed by atoms with van der Waals surface area (Å²) < 4.78 is 0. The highest BCUT2D eigenvalue weighted by atomic mass is 31.0. The van der Waals surface area contributed by atoms with Crippen LogP contribution in [0.5, 0.6) is 0 Å². The number of amides is 1. The van der Waals surface area contributed by atoms with E-state index in [9.17, 15) is 4.79 Å². The molecule has 0 aromatic heterocycles. The lowest BCUT2D eigenvalue weighted by Gasteiger charge is -2.09. The van der Waals surface area contributed by atoms with E-state index in [0.717, 1.165) is 11.3 Å². The summed E-state index contributed by atoms with van der Waals surface area (Å²) in [7, 11) is 5.68. The zero-order chi connectivity index (χ0) is 11.4. The molecule has 5 heteroatoms. The molecule has 1 atom stereocenters. The third-order valence-electron chi connectivity index (χ3n) is 2.07. The molecule has 0 aliphatic carbocycles. The lowest BCUT2D eigenvalue weighted by atomic mass is 10.1. The van der Waals surface area contributed by atoms with Gasteiger partial charge in [-0.3, -0.25) is 4.79 Å². The Labute approximate surface area is 91.2 Å². The van der Waals surface area contributed by atoms with Gasteiger partial charge in [-0.05, 0) is 18.2 Å². The molecule has 0 radical (unpaired) electrons. The van der Waals surface area contributed by atoms with Gasteiger partial charge in [0.05, 0.1) is 5.45 Å². The molecule has 1 aromatic rings. The maximum absolute atomic E-state index is 11.4. The molecular weight excluding hydrogens is 209 g/mol. The van der Waals surface area contributed by atoms with E-state index in [0.29, 0.717) is 11.0 Å². The standard InChI is InChI=1S/C10H14N3OP/c1-12-8-5-6(10(14)13-2)3-4-7(8)9(11)15/h3-5,11-12H,15H2,1-2H3,(H,13,14). The Morgan fingerprint density at radius 1 is 1.40 bits per heavy atom. The summed E-state index contributed by atoms with van der Waals surface area (Å²) in [5, 5.41) is 13.0. The van der Waals surface area contributed by atoms with E-state index in [2.05, 4.69) is 19.9 Å². The van der Waals surface area contributed by atoms with Crippen LogP contribution in [0.25, 0.3) is 0 Å². The number of carbonyl (C=O) groups is 1. The Balaban J connectivity index is 3.19. The van der Waals surface area contributed by atoms with E-state index in [1.54, 1.807) is 32.3 Å².